The van der Waals surface area contributed by atoms with E-state index in [0.29, 0.717) is 5.56 Å². The third kappa shape index (κ3) is 3.81. The van der Waals surface area contributed by atoms with Gasteiger partial charge >= 0.3 is 5.51 Å². The van der Waals surface area contributed by atoms with E-state index in [1.165, 1.54) is 24.3 Å². The molecule has 0 fully saturated rings. The van der Waals surface area contributed by atoms with Crippen LogP contribution in [0.1, 0.15) is 11.1 Å². The summed E-state index contributed by atoms with van der Waals surface area (Å²) in [7, 11) is 0. The molecule has 1 heterocycles. The lowest BCUT2D eigenvalue weighted by atomic mass is 10.00. The maximum absolute atomic E-state index is 13.6. The Morgan fingerprint density at radius 2 is 1.52 bits per heavy atom. The fourth-order valence-electron chi connectivity index (χ4n) is 1.70. The summed E-state index contributed by atoms with van der Waals surface area (Å²) in [5.74, 6) is -1.76. The Bertz CT molecular complexity index is 644. The second-order valence-corrected chi connectivity index (χ2v) is 5.17. The fourth-order valence-corrected chi connectivity index (χ4v) is 2.24. The van der Waals surface area contributed by atoms with Crippen LogP contribution in [0.2, 0.25) is 0 Å². The minimum absolute atomic E-state index is 0.0188. The van der Waals surface area contributed by atoms with Gasteiger partial charge < -0.3 is 0 Å². The van der Waals surface area contributed by atoms with Crippen molar-refractivity contribution in [2.24, 2.45) is 0 Å². The predicted octanol–water partition coefficient (Wildman–Crippen LogP) is 5.03. The zero-order valence-corrected chi connectivity index (χ0v) is 11.2. The molecule has 0 N–H and O–H groups in total. The van der Waals surface area contributed by atoms with Gasteiger partial charge in [0.1, 0.15) is 0 Å². The van der Waals surface area contributed by atoms with E-state index in [-0.39, 0.29) is 27.8 Å². The molecule has 0 aliphatic rings. The van der Waals surface area contributed by atoms with Crippen molar-refractivity contribution in [3.8, 4) is 0 Å². The SMILES string of the molecule is C=C(c1ccc(SC(F)(F)F)cc1)c1c(F)cncc1F. The van der Waals surface area contributed by atoms with Crippen LogP contribution in [0.4, 0.5) is 22.0 Å². The van der Waals surface area contributed by atoms with Crippen LogP contribution in [0.15, 0.2) is 48.1 Å². The second-order valence-electron chi connectivity index (χ2n) is 4.03. The molecule has 1 aromatic carbocycles. The molecule has 1 aromatic heterocycles. The van der Waals surface area contributed by atoms with Crippen molar-refractivity contribution in [2.75, 3.05) is 0 Å². The smallest absolute Gasteiger partial charge is 0.259 e. The molecule has 1 nitrogen and oxygen atoms in total. The Morgan fingerprint density at radius 3 is 2.00 bits per heavy atom. The number of halogens is 5. The van der Waals surface area contributed by atoms with Gasteiger partial charge in [-0.05, 0) is 35.0 Å². The Kier molecular flexibility index (Phi) is 4.32. The number of aromatic nitrogens is 1. The van der Waals surface area contributed by atoms with Crippen LogP contribution >= 0.6 is 11.8 Å². The van der Waals surface area contributed by atoms with Gasteiger partial charge in [0.2, 0.25) is 0 Å². The summed E-state index contributed by atoms with van der Waals surface area (Å²) in [5.41, 5.74) is -4.37. The van der Waals surface area contributed by atoms with Gasteiger partial charge in [-0.1, -0.05) is 18.7 Å². The molecular formula is C14H8F5NS. The van der Waals surface area contributed by atoms with Gasteiger partial charge in [-0.15, -0.1) is 0 Å². The number of rotatable bonds is 3. The maximum atomic E-state index is 13.6. The molecular weight excluding hydrogens is 309 g/mol. The summed E-state index contributed by atoms with van der Waals surface area (Å²) >= 11 is -0.265. The van der Waals surface area contributed by atoms with Crippen LogP contribution in [0.3, 0.4) is 0 Å². The summed E-state index contributed by atoms with van der Waals surface area (Å²) in [4.78, 5) is 3.34. The third-order valence-corrected chi connectivity index (χ3v) is 3.33. The monoisotopic (exact) mass is 317 g/mol. The zero-order valence-electron chi connectivity index (χ0n) is 10.4. The average molecular weight is 317 g/mol. The topological polar surface area (TPSA) is 12.9 Å². The number of hydrogen-bond donors (Lipinski definition) is 0. The molecule has 0 aliphatic carbocycles. The van der Waals surface area contributed by atoms with Crippen LogP contribution in [0, 0.1) is 11.6 Å². The van der Waals surface area contributed by atoms with Crippen LogP contribution in [-0.4, -0.2) is 10.5 Å². The van der Waals surface area contributed by atoms with Gasteiger partial charge in [0, 0.05) is 4.90 Å². The van der Waals surface area contributed by atoms with E-state index in [9.17, 15) is 22.0 Å². The van der Waals surface area contributed by atoms with Gasteiger partial charge in [0.15, 0.2) is 11.6 Å². The zero-order chi connectivity index (χ0) is 15.6. The molecule has 2 rings (SSSR count). The minimum atomic E-state index is -4.39. The Morgan fingerprint density at radius 1 is 1.00 bits per heavy atom. The van der Waals surface area contributed by atoms with Crippen molar-refractivity contribution in [3.05, 3.63) is 66.0 Å². The van der Waals surface area contributed by atoms with Crippen molar-refractivity contribution in [2.45, 2.75) is 10.4 Å². The van der Waals surface area contributed by atoms with Crippen molar-refractivity contribution < 1.29 is 22.0 Å². The lowest BCUT2D eigenvalue weighted by Gasteiger charge is -2.10. The van der Waals surface area contributed by atoms with Crippen molar-refractivity contribution in [1.82, 2.24) is 4.98 Å². The largest absolute Gasteiger partial charge is 0.446 e. The predicted molar refractivity (Wildman–Crippen MR) is 70.6 cm³/mol. The van der Waals surface area contributed by atoms with E-state index in [0.717, 1.165) is 12.4 Å². The average Bonchev–Trinajstić information content (AvgIpc) is 2.37. The molecule has 7 heteroatoms. The number of alkyl halides is 3. The highest BCUT2D eigenvalue weighted by molar-refractivity contribution is 8.00. The first kappa shape index (κ1) is 15.5. The van der Waals surface area contributed by atoms with Crippen molar-refractivity contribution >= 4 is 17.3 Å². The van der Waals surface area contributed by atoms with E-state index in [1.807, 2.05) is 0 Å². The van der Waals surface area contributed by atoms with Crippen LogP contribution in [-0.2, 0) is 0 Å². The summed E-state index contributed by atoms with van der Waals surface area (Å²) < 4.78 is 63.8. The van der Waals surface area contributed by atoms with E-state index in [2.05, 4.69) is 11.6 Å². The minimum Gasteiger partial charge on any atom is -0.259 e. The quantitative estimate of drug-likeness (QED) is 0.581. The Balaban J connectivity index is 2.29. The molecule has 0 amide bonds. The van der Waals surface area contributed by atoms with Crippen molar-refractivity contribution in [3.63, 3.8) is 0 Å². The highest BCUT2D eigenvalue weighted by Gasteiger charge is 2.29. The van der Waals surface area contributed by atoms with E-state index >= 15 is 0 Å². The Labute approximate surface area is 121 Å². The maximum Gasteiger partial charge on any atom is 0.446 e. The Hall–Kier alpha value is -1.89. The van der Waals surface area contributed by atoms with Gasteiger partial charge in [0.25, 0.3) is 0 Å². The lowest BCUT2D eigenvalue weighted by molar-refractivity contribution is -0.0328. The molecule has 0 saturated carbocycles. The highest BCUT2D eigenvalue weighted by atomic mass is 32.2. The molecule has 0 atom stereocenters. The molecule has 0 spiro atoms. The standard InChI is InChI=1S/C14H8F5NS/c1-8(13-11(15)6-20-7-12(13)16)9-2-4-10(5-3-9)21-14(17,18)19/h2-7H,1H2. The van der Waals surface area contributed by atoms with Crippen LogP contribution < -0.4 is 0 Å². The summed E-state index contributed by atoms with van der Waals surface area (Å²) in [5, 5.41) is 0. The van der Waals surface area contributed by atoms with Gasteiger partial charge in [-0.2, -0.15) is 13.2 Å². The molecule has 21 heavy (non-hydrogen) atoms. The van der Waals surface area contributed by atoms with E-state index in [1.54, 1.807) is 0 Å². The molecule has 110 valence electrons. The number of hydrogen-bond acceptors (Lipinski definition) is 2. The number of benzene rings is 1. The van der Waals surface area contributed by atoms with Crippen molar-refractivity contribution in [1.29, 1.82) is 0 Å². The number of thioether (sulfide) groups is 1. The second kappa shape index (κ2) is 5.85. The fraction of sp³-hybridized carbons (Fsp3) is 0.0714. The summed E-state index contributed by atoms with van der Waals surface area (Å²) in [6.07, 6.45) is 1.69. The molecule has 0 bridgehead atoms. The van der Waals surface area contributed by atoms with Gasteiger partial charge in [-0.25, -0.2) is 8.78 Å². The molecule has 0 aliphatic heterocycles. The molecule has 0 unspecified atom stereocenters. The van der Waals surface area contributed by atoms with Gasteiger partial charge in [-0.3, -0.25) is 4.98 Å². The number of pyridine rings is 1. The number of nitrogens with zero attached hydrogens (tertiary/aromatic N) is 1. The van der Waals surface area contributed by atoms with Crippen LogP contribution in [0.25, 0.3) is 5.57 Å². The normalized spacial score (nSPS) is 11.5. The molecule has 0 radical (unpaired) electrons. The highest BCUT2D eigenvalue weighted by Crippen LogP contribution is 2.37. The first-order chi connectivity index (χ1) is 9.78. The van der Waals surface area contributed by atoms with Gasteiger partial charge in [0.05, 0.1) is 18.0 Å². The van der Waals surface area contributed by atoms with E-state index in [4.69, 9.17) is 0 Å². The molecule has 0 saturated heterocycles. The summed E-state index contributed by atoms with van der Waals surface area (Å²) in [6.45, 7) is 3.58. The van der Waals surface area contributed by atoms with Crippen LogP contribution in [0.5, 0.6) is 0 Å². The first-order valence-corrected chi connectivity index (χ1v) is 6.44. The lowest BCUT2D eigenvalue weighted by Crippen LogP contribution is -1.99. The molecule has 2 aromatic rings. The first-order valence-electron chi connectivity index (χ1n) is 5.62. The van der Waals surface area contributed by atoms with E-state index < -0.39 is 17.1 Å². The third-order valence-electron chi connectivity index (χ3n) is 2.59. The summed E-state index contributed by atoms with van der Waals surface area (Å²) in [6, 6.07) is 5.09.